The number of rotatable bonds is 0. The molecule has 0 amide bonds. The van der Waals surface area contributed by atoms with Crippen LogP contribution in [-0.2, 0) is 0 Å². The van der Waals surface area contributed by atoms with E-state index in [0.717, 1.165) is 5.70 Å². The Morgan fingerprint density at radius 2 is 2.50 bits per heavy atom. The Kier molecular flexibility index (Phi) is 1.58. The number of hydrazine groups is 1. The first-order chi connectivity index (χ1) is 3.79. The van der Waals surface area contributed by atoms with Gasteiger partial charge in [0.2, 0.25) is 0 Å². The molecule has 0 aromatic rings. The molecule has 1 heterocycles. The first kappa shape index (κ1) is 5.69. The molecule has 1 N–H and O–H groups in total. The first-order valence-corrected chi connectivity index (χ1v) is 3.07. The van der Waals surface area contributed by atoms with Gasteiger partial charge in [0, 0.05) is 11.9 Å². The molecule has 2 nitrogen and oxygen atoms in total. The zero-order valence-corrected chi connectivity index (χ0v) is 6.14. The second-order valence-corrected chi connectivity index (χ2v) is 2.38. The van der Waals surface area contributed by atoms with Gasteiger partial charge < -0.3 is 0 Å². The van der Waals surface area contributed by atoms with Gasteiger partial charge in [0.25, 0.3) is 0 Å². The predicted molar refractivity (Wildman–Crippen MR) is 36.8 cm³/mol. The van der Waals surface area contributed by atoms with E-state index in [0.29, 0.717) is 0 Å². The summed E-state index contributed by atoms with van der Waals surface area (Å²) in [6.45, 7) is 2.00. The third-order valence-electron chi connectivity index (χ3n) is 0.846. The molecule has 0 unspecified atom stereocenters. The lowest BCUT2D eigenvalue weighted by molar-refractivity contribution is 0.524. The smallest absolute Gasteiger partial charge is 0.0723 e. The monoisotopic (exact) mass is 174 g/mol. The van der Waals surface area contributed by atoms with E-state index in [1.54, 1.807) is 4.03 Å². The number of nitrogens with one attached hydrogen (secondary N) is 1. The van der Waals surface area contributed by atoms with Gasteiger partial charge >= 0.3 is 0 Å². The number of nitrogens with zero attached hydrogens (tertiary/aromatic N) is 1. The highest BCUT2D eigenvalue weighted by Gasteiger charge is 1.94. The molecule has 44 valence electrons. The van der Waals surface area contributed by atoms with Crippen molar-refractivity contribution in [3.8, 4) is 0 Å². The van der Waals surface area contributed by atoms with Crippen molar-refractivity contribution in [2.45, 2.75) is 6.92 Å². The average Bonchev–Trinajstić information content (AvgIpc) is 1.64. The summed E-state index contributed by atoms with van der Waals surface area (Å²) < 4.78 is 1.72. The van der Waals surface area contributed by atoms with Gasteiger partial charge in [-0.25, -0.2) is 4.03 Å². The summed E-state index contributed by atoms with van der Waals surface area (Å²) >= 11 is 3.22. The largest absolute Gasteiger partial charge is 0.293 e. The van der Waals surface area contributed by atoms with Gasteiger partial charge in [-0.3, -0.25) is 5.43 Å². The van der Waals surface area contributed by atoms with Crippen LogP contribution in [0.3, 0.4) is 0 Å². The Morgan fingerprint density at radius 1 is 1.75 bits per heavy atom. The van der Waals surface area contributed by atoms with Gasteiger partial charge in [-0.15, -0.1) is 0 Å². The van der Waals surface area contributed by atoms with Crippen LogP contribution in [0.4, 0.5) is 0 Å². The Balaban J connectivity index is 2.59. The van der Waals surface area contributed by atoms with Crippen LogP contribution in [0.5, 0.6) is 0 Å². The molecule has 1 aliphatic heterocycles. The van der Waals surface area contributed by atoms with Crippen LogP contribution in [0.2, 0.25) is 0 Å². The van der Waals surface area contributed by atoms with Crippen LogP contribution in [0, 0.1) is 0 Å². The third-order valence-corrected chi connectivity index (χ3v) is 1.26. The SMILES string of the molecule is CC1=CC=CN(Br)N1. The van der Waals surface area contributed by atoms with E-state index in [4.69, 9.17) is 0 Å². The zero-order valence-electron chi connectivity index (χ0n) is 4.56. The molecule has 0 saturated carbocycles. The van der Waals surface area contributed by atoms with Crippen LogP contribution in [0.25, 0.3) is 0 Å². The van der Waals surface area contributed by atoms with Gasteiger partial charge in [0.1, 0.15) is 0 Å². The van der Waals surface area contributed by atoms with Crippen molar-refractivity contribution in [1.29, 1.82) is 0 Å². The molecule has 3 heteroatoms. The highest BCUT2D eigenvalue weighted by molar-refractivity contribution is 9.07. The maximum absolute atomic E-state index is 3.22. The summed E-state index contributed by atoms with van der Waals surface area (Å²) in [7, 11) is 0. The van der Waals surface area contributed by atoms with Gasteiger partial charge in [0.15, 0.2) is 0 Å². The minimum atomic E-state index is 1.13. The maximum Gasteiger partial charge on any atom is 0.0723 e. The summed E-state index contributed by atoms with van der Waals surface area (Å²) in [6, 6.07) is 0. The fourth-order valence-electron chi connectivity index (χ4n) is 0.506. The van der Waals surface area contributed by atoms with Crippen molar-refractivity contribution in [2.75, 3.05) is 0 Å². The Morgan fingerprint density at radius 3 is 2.88 bits per heavy atom. The molecule has 0 aromatic carbocycles. The Hall–Kier alpha value is -0.440. The number of hydrogen-bond donors (Lipinski definition) is 1. The lowest BCUT2D eigenvalue weighted by Gasteiger charge is -2.16. The molecular weight excluding hydrogens is 168 g/mol. The van der Waals surface area contributed by atoms with Crippen molar-refractivity contribution >= 4 is 16.1 Å². The van der Waals surface area contributed by atoms with E-state index in [1.807, 2.05) is 25.3 Å². The van der Waals surface area contributed by atoms with E-state index >= 15 is 0 Å². The Labute approximate surface area is 57.2 Å². The summed E-state index contributed by atoms with van der Waals surface area (Å²) in [4.78, 5) is 0. The molecular formula is C5H7BrN2. The Bertz CT molecular complexity index is 139. The summed E-state index contributed by atoms with van der Waals surface area (Å²) in [6.07, 6.45) is 5.84. The van der Waals surface area contributed by atoms with E-state index in [-0.39, 0.29) is 0 Å². The molecule has 0 aromatic heterocycles. The minimum Gasteiger partial charge on any atom is -0.293 e. The molecule has 0 fully saturated rings. The summed E-state index contributed by atoms with van der Waals surface area (Å²) in [5, 5.41) is 0. The van der Waals surface area contributed by atoms with E-state index in [1.165, 1.54) is 0 Å². The van der Waals surface area contributed by atoms with Gasteiger partial charge in [0.05, 0.1) is 16.1 Å². The summed E-state index contributed by atoms with van der Waals surface area (Å²) in [5.74, 6) is 0. The lowest BCUT2D eigenvalue weighted by atomic mass is 10.4. The highest BCUT2D eigenvalue weighted by Crippen LogP contribution is 2.02. The van der Waals surface area contributed by atoms with Crippen molar-refractivity contribution in [2.24, 2.45) is 0 Å². The van der Waals surface area contributed by atoms with Crippen LogP contribution >= 0.6 is 16.1 Å². The van der Waals surface area contributed by atoms with Crippen molar-refractivity contribution < 1.29 is 0 Å². The van der Waals surface area contributed by atoms with Crippen LogP contribution in [0.1, 0.15) is 6.92 Å². The van der Waals surface area contributed by atoms with Gasteiger partial charge in [-0.05, 0) is 19.1 Å². The fourth-order valence-corrected chi connectivity index (χ4v) is 0.922. The molecule has 0 saturated heterocycles. The van der Waals surface area contributed by atoms with Gasteiger partial charge in [-0.1, -0.05) is 0 Å². The standard InChI is InChI=1S/C5H7BrN2/c1-5-3-2-4-8(6)7-5/h2-4,7H,1H3. The second kappa shape index (κ2) is 2.22. The third kappa shape index (κ3) is 1.26. The van der Waals surface area contributed by atoms with Crippen molar-refractivity contribution in [3.05, 3.63) is 24.0 Å². The fraction of sp³-hybridized carbons (Fsp3) is 0.200. The number of allylic oxidation sites excluding steroid dienone is 3. The normalized spacial score (nSPS) is 17.8. The van der Waals surface area contributed by atoms with Crippen LogP contribution < -0.4 is 5.43 Å². The topological polar surface area (TPSA) is 15.3 Å². The molecule has 1 rings (SSSR count). The molecule has 0 aliphatic carbocycles. The molecule has 0 bridgehead atoms. The van der Waals surface area contributed by atoms with Crippen molar-refractivity contribution in [3.63, 3.8) is 0 Å². The number of hydrogen-bond acceptors (Lipinski definition) is 2. The minimum absolute atomic E-state index is 1.13. The summed E-state index contributed by atoms with van der Waals surface area (Å²) in [5.41, 5.74) is 4.13. The molecule has 0 spiro atoms. The maximum atomic E-state index is 3.22. The van der Waals surface area contributed by atoms with E-state index in [9.17, 15) is 0 Å². The van der Waals surface area contributed by atoms with Crippen LogP contribution in [0.15, 0.2) is 24.0 Å². The molecule has 1 aliphatic rings. The predicted octanol–water partition coefficient (Wildman–Crippen LogP) is 1.53. The lowest BCUT2D eigenvalue weighted by Crippen LogP contribution is -2.23. The van der Waals surface area contributed by atoms with E-state index in [2.05, 4.69) is 21.6 Å². The first-order valence-electron chi connectivity index (χ1n) is 2.36. The average molecular weight is 175 g/mol. The number of halogens is 1. The van der Waals surface area contributed by atoms with Crippen molar-refractivity contribution in [1.82, 2.24) is 9.46 Å². The quantitative estimate of drug-likeness (QED) is 0.561. The second-order valence-electron chi connectivity index (χ2n) is 1.61. The van der Waals surface area contributed by atoms with Gasteiger partial charge in [-0.2, -0.15) is 0 Å². The molecule has 0 radical (unpaired) electrons. The zero-order chi connectivity index (χ0) is 5.98. The highest BCUT2D eigenvalue weighted by atomic mass is 79.9. The van der Waals surface area contributed by atoms with E-state index < -0.39 is 0 Å². The van der Waals surface area contributed by atoms with Crippen LogP contribution in [-0.4, -0.2) is 4.03 Å². The molecule has 0 atom stereocenters. The molecule has 8 heavy (non-hydrogen) atoms.